The van der Waals surface area contributed by atoms with Crippen molar-refractivity contribution in [2.45, 2.75) is 52.4 Å². The molecule has 2 aromatic heterocycles. The van der Waals surface area contributed by atoms with Gasteiger partial charge in [-0.1, -0.05) is 53.7 Å². The molecule has 2 heterocycles. The molecule has 0 amide bonds. The first kappa shape index (κ1) is 18.9. The Bertz CT molecular complexity index is 1190. The van der Waals surface area contributed by atoms with Crippen molar-refractivity contribution in [1.82, 2.24) is 9.13 Å². The maximum Gasteiger partial charge on any atom is 0.0558 e. The van der Waals surface area contributed by atoms with E-state index in [1.807, 2.05) is 0 Å². The highest BCUT2D eigenvalue weighted by molar-refractivity contribution is 6.05. The number of hydrogen-bond acceptors (Lipinski definition) is 0. The van der Waals surface area contributed by atoms with Gasteiger partial charge in [-0.2, -0.15) is 0 Å². The zero-order chi connectivity index (χ0) is 20.4. The number of benzene rings is 2. The molecule has 2 heteroatoms. The molecule has 2 aromatic carbocycles. The van der Waals surface area contributed by atoms with E-state index >= 15 is 0 Å². The van der Waals surface area contributed by atoms with E-state index in [9.17, 15) is 0 Å². The molecule has 0 atom stereocenters. The molecule has 4 rings (SSSR count). The first-order valence-corrected chi connectivity index (χ1v) is 10.2. The molecule has 0 bridgehead atoms. The van der Waals surface area contributed by atoms with Gasteiger partial charge in [-0.25, -0.2) is 0 Å². The molecule has 0 aliphatic carbocycles. The van der Waals surface area contributed by atoms with Crippen LogP contribution in [0.15, 0.2) is 48.8 Å². The van der Waals surface area contributed by atoms with Crippen molar-refractivity contribution >= 4 is 21.8 Å². The molecule has 28 heavy (non-hydrogen) atoms. The Morgan fingerprint density at radius 3 is 2.00 bits per heavy atom. The summed E-state index contributed by atoms with van der Waals surface area (Å²) in [6.45, 7) is 13.7. The molecule has 0 spiro atoms. The number of rotatable bonds is 1. The third kappa shape index (κ3) is 2.96. The van der Waals surface area contributed by atoms with Crippen LogP contribution < -0.4 is 0 Å². The van der Waals surface area contributed by atoms with Crippen molar-refractivity contribution in [3.05, 3.63) is 59.9 Å². The molecule has 146 valence electrons. The zero-order valence-electron chi connectivity index (χ0n) is 18.5. The summed E-state index contributed by atoms with van der Waals surface area (Å²) in [5.74, 6) is 0. The fourth-order valence-corrected chi connectivity index (χ4v) is 4.15. The summed E-state index contributed by atoms with van der Waals surface area (Å²) in [4.78, 5) is 0. The van der Waals surface area contributed by atoms with Crippen LogP contribution in [0.25, 0.3) is 32.9 Å². The second kappa shape index (κ2) is 6.01. The summed E-state index contributed by atoms with van der Waals surface area (Å²) < 4.78 is 4.53. The lowest BCUT2D eigenvalue weighted by Gasteiger charge is -2.21. The fraction of sp³-hybridized carbons (Fsp3) is 0.385. The van der Waals surface area contributed by atoms with Crippen LogP contribution in [0.1, 0.15) is 52.7 Å². The largest absolute Gasteiger partial charge is 0.350 e. The number of nitrogens with zero attached hydrogens (tertiary/aromatic N) is 2. The minimum atomic E-state index is 0.114. The molecular formula is C26H32N2. The second-order valence-corrected chi connectivity index (χ2v) is 10.3. The van der Waals surface area contributed by atoms with Crippen molar-refractivity contribution < 1.29 is 0 Å². The summed E-state index contributed by atoms with van der Waals surface area (Å²) >= 11 is 0. The predicted octanol–water partition coefficient (Wildman–Crippen LogP) is 6.93. The predicted molar refractivity (Wildman–Crippen MR) is 122 cm³/mol. The third-order valence-corrected chi connectivity index (χ3v) is 5.98. The Labute approximate surface area is 168 Å². The zero-order valence-corrected chi connectivity index (χ0v) is 18.5. The molecule has 0 N–H and O–H groups in total. The number of aromatic nitrogens is 2. The van der Waals surface area contributed by atoms with E-state index in [0.29, 0.717) is 0 Å². The van der Waals surface area contributed by atoms with Crippen LogP contribution in [0.5, 0.6) is 0 Å². The van der Waals surface area contributed by atoms with Crippen LogP contribution in [-0.4, -0.2) is 9.13 Å². The summed E-state index contributed by atoms with van der Waals surface area (Å²) in [7, 11) is 4.31. The Hall–Kier alpha value is -2.48. The molecule has 0 unspecified atom stereocenters. The molecule has 0 saturated heterocycles. The second-order valence-electron chi connectivity index (χ2n) is 10.3. The monoisotopic (exact) mass is 372 g/mol. The quantitative estimate of drug-likeness (QED) is 0.343. The van der Waals surface area contributed by atoms with Gasteiger partial charge in [0.25, 0.3) is 0 Å². The van der Waals surface area contributed by atoms with Gasteiger partial charge in [0, 0.05) is 53.9 Å². The van der Waals surface area contributed by atoms with Gasteiger partial charge in [-0.15, -0.1) is 0 Å². The average Bonchev–Trinajstić information content (AvgIpc) is 3.13. The van der Waals surface area contributed by atoms with E-state index in [-0.39, 0.29) is 10.8 Å². The smallest absolute Gasteiger partial charge is 0.0558 e. The topological polar surface area (TPSA) is 9.86 Å². The molecule has 4 aromatic rings. The molecule has 0 aliphatic heterocycles. The van der Waals surface area contributed by atoms with E-state index in [1.54, 1.807) is 0 Å². The number of fused-ring (bicyclic) bond motifs is 2. The van der Waals surface area contributed by atoms with E-state index in [1.165, 1.54) is 44.1 Å². The number of hydrogen-bond donors (Lipinski definition) is 0. The van der Waals surface area contributed by atoms with Crippen molar-refractivity contribution in [3.8, 4) is 11.1 Å². The lowest BCUT2D eigenvalue weighted by atomic mass is 9.84. The summed E-state index contributed by atoms with van der Waals surface area (Å²) in [5.41, 5.74) is 8.26. The average molecular weight is 373 g/mol. The summed E-state index contributed by atoms with van der Waals surface area (Å²) in [5, 5.41) is 2.64. The summed E-state index contributed by atoms with van der Waals surface area (Å²) in [6.07, 6.45) is 4.47. The molecule has 0 fully saturated rings. The first-order chi connectivity index (χ1) is 13.0. The van der Waals surface area contributed by atoms with Gasteiger partial charge in [-0.3, -0.25) is 0 Å². The number of aryl methyl sites for hydroxylation is 2. The maximum absolute atomic E-state index is 2.40. The van der Waals surface area contributed by atoms with Crippen LogP contribution in [0.2, 0.25) is 0 Å². The minimum absolute atomic E-state index is 0.114. The molecular weight excluding hydrogens is 340 g/mol. The summed E-state index contributed by atoms with van der Waals surface area (Å²) in [6, 6.07) is 13.9. The van der Waals surface area contributed by atoms with Crippen molar-refractivity contribution in [2.24, 2.45) is 14.1 Å². The van der Waals surface area contributed by atoms with E-state index in [4.69, 9.17) is 0 Å². The Morgan fingerprint density at radius 1 is 0.679 bits per heavy atom. The van der Waals surface area contributed by atoms with Crippen molar-refractivity contribution in [3.63, 3.8) is 0 Å². The van der Waals surface area contributed by atoms with Gasteiger partial charge in [0.2, 0.25) is 0 Å². The minimum Gasteiger partial charge on any atom is -0.350 e. The van der Waals surface area contributed by atoms with Crippen LogP contribution in [0.4, 0.5) is 0 Å². The van der Waals surface area contributed by atoms with Gasteiger partial charge in [0.05, 0.1) is 5.52 Å². The van der Waals surface area contributed by atoms with Crippen LogP contribution in [0, 0.1) is 0 Å². The van der Waals surface area contributed by atoms with Crippen LogP contribution >= 0.6 is 0 Å². The Kier molecular flexibility index (Phi) is 4.05. The lowest BCUT2D eigenvalue weighted by Crippen LogP contribution is -2.11. The van der Waals surface area contributed by atoms with Crippen molar-refractivity contribution in [2.75, 3.05) is 0 Å². The SMILES string of the molecule is Cn1cc(-c2cc(C(C)(C)C)cc3ccn(C)c23)c2ccc(C(C)(C)C)cc21. The van der Waals surface area contributed by atoms with E-state index < -0.39 is 0 Å². The highest BCUT2D eigenvalue weighted by Crippen LogP contribution is 2.39. The molecule has 2 nitrogen and oxygen atoms in total. The highest BCUT2D eigenvalue weighted by Gasteiger charge is 2.21. The molecule has 0 saturated carbocycles. The van der Waals surface area contributed by atoms with Gasteiger partial charge in [0.1, 0.15) is 0 Å². The molecule has 0 radical (unpaired) electrons. The van der Waals surface area contributed by atoms with Crippen LogP contribution in [0.3, 0.4) is 0 Å². The Morgan fingerprint density at radius 2 is 1.36 bits per heavy atom. The Balaban J connectivity index is 2.05. The highest BCUT2D eigenvalue weighted by atomic mass is 14.9. The van der Waals surface area contributed by atoms with Crippen LogP contribution in [-0.2, 0) is 24.9 Å². The van der Waals surface area contributed by atoms with Gasteiger partial charge >= 0.3 is 0 Å². The van der Waals surface area contributed by atoms with Gasteiger partial charge < -0.3 is 9.13 Å². The van der Waals surface area contributed by atoms with Gasteiger partial charge in [-0.05, 0) is 46.2 Å². The van der Waals surface area contributed by atoms with Crippen molar-refractivity contribution in [1.29, 1.82) is 0 Å². The maximum atomic E-state index is 2.40. The normalized spacial score (nSPS) is 13.0. The lowest BCUT2D eigenvalue weighted by molar-refractivity contribution is 0.590. The fourth-order valence-electron chi connectivity index (χ4n) is 4.15. The van der Waals surface area contributed by atoms with E-state index in [0.717, 1.165) is 0 Å². The standard InChI is InChI=1S/C26H32N2/c1-25(2,3)18-9-10-20-22(16-28(8)23(20)15-18)21-14-19(26(4,5)6)13-17-11-12-27(7)24(17)21/h9-16H,1-8H3. The van der Waals surface area contributed by atoms with Gasteiger partial charge in [0.15, 0.2) is 0 Å². The first-order valence-electron chi connectivity index (χ1n) is 10.2. The third-order valence-electron chi connectivity index (χ3n) is 5.98. The van der Waals surface area contributed by atoms with E-state index in [2.05, 4.69) is 114 Å². The molecule has 0 aliphatic rings.